The lowest BCUT2D eigenvalue weighted by molar-refractivity contribution is -0.150. The molecule has 1 saturated heterocycles. The first-order valence-corrected chi connectivity index (χ1v) is 4.25. The normalized spacial score (nSPS) is 21.1. The van der Waals surface area contributed by atoms with Gasteiger partial charge in [-0.1, -0.05) is 13.0 Å². The Hall–Kier alpha value is -0.830. The van der Waals surface area contributed by atoms with Gasteiger partial charge in [0.05, 0.1) is 18.7 Å². The first kappa shape index (κ1) is 9.26. The van der Waals surface area contributed by atoms with E-state index < -0.39 is 5.60 Å². The number of amides is 1. The zero-order chi connectivity index (χ0) is 9.19. The molecule has 0 aromatic carbocycles. The van der Waals surface area contributed by atoms with Gasteiger partial charge >= 0.3 is 0 Å². The third-order valence-corrected chi connectivity index (χ3v) is 2.25. The number of rotatable bonds is 2. The number of aliphatic hydroxyl groups is 1. The molecular formula is C9H15NO2. The second-order valence-corrected chi connectivity index (χ2v) is 3.27. The molecule has 1 aliphatic rings. The van der Waals surface area contributed by atoms with Gasteiger partial charge in [0.15, 0.2) is 0 Å². The van der Waals surface area contributed by atoms with Crippen LogP contribution in [0.5, 0.6) is 0 Å². The Balaban J connectivity index is 2.39. The summed E-state index contributed by atoms with van der Waals surface area (Å²) in [6, 6.07) is 0. The summed E-state index contributed by atoms with van der Waals surface area (Å²) in [5.74, 6) is -0.00405. The van der Waals surface area contributed by atoms with Gasteiger partial charge in [0.2, 0.25) is 5.91 Å². The SMILES string of the molecule is CC=CC(=O)N1CC(O)(CC)C1. The van der Waals surface area contributed by atoms with Gasteiger partial charge in [-0.05, 0) is 19.4 Å². The van der Waals surface area contributed by atoms with Gasteiger partial charge in [-0.2, -0.15) is 0 Å². The minimum Gasteiger partial charge on any atom is -0.386 e. The molecular weight excluding hydrogens is 154 g/mol. The first-order chi connectivity index (χ1) is 5.61. The van der Waals surface area contributed by atoms with Gasteiger partial charge in [0.1, 0.15) is 0 Å². The van der Waals surface area contributed by atoms with Crippen LogP contribution in [0.25, 0.3) is 0 Å². The topological polar surface area (TPSA) is 40.5 Å². The number of carbonyl (C=O) groups is 1. The Kier molecular flexibility index (Phi) is 2.52. The molecule has 0 saturated carbocycles. The summed E-state index contributed by atoms with van der Waals surface area (Å²) >= 11 is 0. The summed E-state index contributed by atoms with van der Waals surface area (Å²) in [6.07, 6.45) is 3.95. The Morgan fingerprint density at radius 2 is 2.25 bits per heavy atom. The summed E-state index contributed by atoms with van der Waals surface area (Å²) in [7, 11) is 0. The molecule has 0 spiro atoms. The lowest BCUT2D eigenvalue weighted by Gasteiger charge is -2.45. The largest absolute Gasteiger partial charge is 0.386 e. The van der Waals surface area contributed by atoms with Crippen LogP contribution in [0.3, 0.4) is 0 Å². The quantitative estimate of drug-likeness (QED) is 0.613. The van der Waals surface area contributed by atoms with E-state index in [-0.39, 0.29) is 5.91 Å². The lowest BCUT2D eigenvalue weighted by Crippen LogP contribution is -2.62. The van der Waals surface area contributed by atoms with Gasteiger partial charge in [-0.15, -0.1) is 0 Å². The summed E-state index contributed by atoms with van der Waals surface area (Å²) in [5.41, 5.74) is -0.614. The smallest absolute Gasteiger partial charge is 0.246 e. The molecule has 1 fully saturated rings. The van der Waals surface area contributed by atoms with Crippen molar-refractivity contribution in [1.29, 1.82) is 0 Å². The molecule has 0 unspecified atom stereocenters. The maximum Gasteiger partial charge on any atom is 0.246 e. The van der Waals surface area contributed by atoms with Gasteiger partial charge < -0.3 is 10.0 Å². The molecule has 1 N–H and O–H groups in total. The van der Waals surface area contributed by atoms with E-state index in [0.717, 1.165) is 0 Å². The van der Waals surface area contributed by atoms with Crippen LogP contribution < -0.4 is 0 Å². The molecule has 1 rings (SSSR count). The zero-order valence-electron chi connectivity index (χ0n) is 7.58. The van der Waals surface area contributed by atoms with Crippen LogP contribution >= 0.6 is 0 Å². The zero-order valence-corrected chi connectivity index (χ0v) is 7.58. The van der Waals surface area contributed by atoms with Gasteiger partial charge in [-0.3, -0.25) is 4.79 Å². The summed E-state index contributed by atoms with van der Waals surface area (Å²) in [4.78, 5) is 12.8. The van der Waals surface area contributed by atoms with Crippen molar-refractivity contribution in [1.82, 2.24) is 4.90 Å². The van der Waals surface area contributed by atoms with Crippen molar-refractivity contribution in [3.8, 4) is 0 Å². The van der Waals surface area contributed by atoms with Crippen LogP contribution in [0.2, 0.25) is 0 Å². The highest BCUT2D eigenvalue weighted by Gasteiger charge is 2.41. The first-order valence-electron chi connectivity index (χ1n) is 4.25. The second kappa shape index (κ2) is 3.27. The summed E-state index contributed by atoms with van der Waals surface area (Å²) in [5, 5.41) is 9.59. The van der Waals surface area contributed by atoms with Crippen molar-refractivity contribution < 1.29 is 9.90 Å². The van der Waals surface area contributed by atoms with Crippen molar-refractivity contribution in [3.05, 3.63) is 12.2 Å². The molecule has 1 heterocycles. The Bertz CT molecular complexity index is 205. The Morgan fingerprint density at radius 3 is 2.67 bits per heavy atom. The number of nitrogens with zero attached hydrogens (tertiary/aromatic N) is 1. The molecule has 0 radical (unpaired) electrons. The number of hydrogen-bond acceptors (Lipinski definition) is 2. The van der Waals surface area contributed by atoms with E-state index >= 15 is 0 Å². The van der Waals surface area contributed by atoms with E-state index in [4.69, 9.17) is 0 Å². The maximum absolute atomic E-state index is 11.2. The predicted molar refractivity (Wildman–Crippen MR) is 46.6 cm³/mol. The minimum absolute atomic E-state index is 0.00405. The fraction of sp³-hybridized carbons (Fsp3) is 0.667. The van der Waals surface area contributed by atoms with Gasteiger partial charge in [0, 0.05) is 0 Å². The van der Waals surface area contributed by atoms with Crippen LogP contribution in [0, 0.1) is 0 Å². The highest BCUT2D eigenvalue weighted by Crippen LogP contribution is 2.23. The van der Waals surface area contributed by atoms with Crippen LogP contribution in [0.4, 0.5) is 0 Å². The molecule has 3 nitrogen and oxygen atoms in total. The molecule has 1 aliphatic heterocycles. The average molecular weight is 169 g/mol. The Labute approximate surface area is 72.7 Å². The van der Waals surface area contributed by atoms with Crippen molar-refractivity contribution >= 4 is 5.91 Å². The number of β-amino-alcohol motifs (C(OH)–C–C–N with tert-alkyl or cyclic N) is 1. The minimum atomic E-state index is -0.614. The number of carbonyl (C=O) groups excluding carboxylic acids is 1. The molecule has 68 valence electrons. The van der Waals surface area contributed by atoms with E-state index in [9.17, 15) is 9.90 Å². The number of hydrogen-bond donors (Lipinski definition) is 1. The molecule has 0 aromatic heterocycles. The van der Waals surface area contributed by atoms with E-state index in [0.29, 0.717) is 19.5 Å². The van der Waals surface area contributed by atoms with E-state index in [1.165, 1.54) is 6.08 Å². The van der Waals surface area contributed by atoms with Crippen molar-refractivity contribution in [2.75, 3.05) is 13.1 Å². The van der Waals surface area contributed by atoms with E-state index in [1.807, 2.05) is 13.8 Å². The fourth-order valence-electron chi connectivity index (χ4n) is 1.29. The summed E-state index contributed by atoms with van der Waals surface area (Å²) in [6.45, 7) is 4.69. The van der Waals surface area contributed by atoms with Crippen LogP contribution in [0.15, 0.2) is 12.2 Å². The standard InChI is InChI=1S/C9H15NO2/c1-3-5-8(11)10-6-9(12,4-2)7-10/h3,5,12H,4,6-7H2,1-2H3. The Morgan fingerprint density at radius 1 is 1.67 bits per heavy atom. The lowest BCUT2D eigenvalue weighted by atomic mass is 9.91. The number of likely N-dealkylation sites (tertiary alicyclic amines) is 1. The van der Waals surface area contributed by atoms with Crippen LogP contribution in [-0.4, -0.2) is 34.6 Å². The van der Waals surface area contributed by atoms with E-state index in [2.05, 4.69) is 0 Å². The van der Waals surface area contributed by atoms with Crippen LogP contribution in [-0.2, 0) is 4.79 Å². The maximum atomic E-state index is 11.2. The molecule has 3 heteroatoms. The highest BCUT2D eigenvalue weighted by molar-refractivity contribution is 5.88. The van der Waals surface area contributed by atoms with Gasteiger partial charge in [-0.25, -0.2) is 0 Å². The molecule has 0 aromatic rings. The monoisotopic (exact) mass is 169 g/mol. The third-order valence-electron chi connectivity index (χ3n) is 2.25. The predicted octanol–water partition coefficient (Wildman–Crippen LogP) is 0.546. The van der Waals surface area contributed by atoms with Crippen molar-refractivity contribution in [3.63, 3.8) is 0 Å². The summed E-state index contributed by atoms with van der Waals surface area (Å²) < 4.78 is 0. The highest BCUT2D eigenvalue weighted by atomic mass is 16.3. The van der Waals surface area contributed by atoms with Gasteiger partial charge in [0.25, 0.3) is 0 Å². The second-order valence-electron chi connectivity index (χ2n) is 3.27. The molecule has 0 aliphatic carbocycles. The van der Waals surface area contributed by atoms with Crippen molar-refractivity contribution in [2.45, 2.75) is 25.9 Å². The number of allylic oxidation sites excluding steroid dienone is 1. The molecule has 1 amide bonds. The van der Waals surface area contributed by atoms with Crippen molar-refractivity contribution in [2.24, 2.45) is 0 Å². The molecule has 12 heavy (non-hydrogen) atoms. The molecule has 0 atom stereocenters. The fourth-order valence-corrected chi connectivity index (χ4v) is 1.29. The average Bonchev–Trinajstić information content (AvgIpc) is 1.99. The van der Waals surface area contributed by atoms with Crippen LogP contribution in [0.1, 0.15) is 20.3 Å². The third kappa shape index (κ3) is 1.67. The van der Waals surface area contributed by atoms with E-state index in [1.54, 1.807) is 11.0 Å². The molecule has 0 bridgehead atoms.